The molecule has 0 bridgehead atoms. The molecule has 0 saturated heterocycles. The van der Waals surface area contributed by atoms with Crippen molar-refractivity contribution in [3.8, 4) is 6.07 Å². The van der Waals surface area contributed by atoms with Gasteiger partial charge in [0.25, 0.3) is 0 Å². The van der Waals surface area contributed by atoms with E-state index in [1.165, 1.54) is 0 Å². The Morgan fingerprint density at radius 1 is 1.50 bits per heavy atom. The van der Waals surface area contributed by atoms with Crippen LogP contribution in [0.3, 0.4) is 0 Å². The summed E-state index contributed by atoms with van der Waals surface area (Å²) in [6.07, 6.45) is 3.45. The molecule has 0 fully saturated rings. The summed E-state index contributed by atoms with van der Waals surface area (Å²) in [5, 5.41) is 8.82. The first-order valence-corrected chi connectivity index (χ1v) is 4.20. The van der Waals surface area contributed by atoms with Gasteiger partial charge in [-0.15, -0.1) is 0 Å². The molecular weight excluding hydrogens is 180 g/mol. The third kappa shape index (κ3) is 2.52. The van der Waals surface area contributed by atoms with Crippen LogP contribution in [0.5, 0.6) is 0 Å². The van der Waals surface area contributed by atoms with Crippen molar-refractivity contribution in [2.75, 3.05) is 14.2 Å². The Balaban J connectivity index is 2.80. The highest BCUT2D eigenvalue weighted by molar-refractivity contribution is 5.35. The summed E-state index contributed by atoms with van der Waals surface area (Å²) in [5.41, 5.74) is 1.45. The second-order valence-electron chi connectivity index (χ2n) is 2.75. The first-order valence-electron chi connectivity index (χ1n) is 4.20. The molecule has 0 aliphatic rings. The van der Waals surface area contributed by atoms with Crippen molar-refractivity contribution in [2.24, 2.45) is 0 Å². The van der Waals surface area contributed by atoms with E-state index in [0.29, 0.717) is 12.0 Å². The molecule has 1 aromatic rings. The van der Waals surface area contributed by atoms with Gasteiger partial charge in [0, 0.05) is 33.0 Å². The second kappa shape index (κ2) is 5.32. The van der Waals surface area contributed by atoms with Crippen molar-refractivity contribution in [1.29, 1.82) is 5.26 Å². The quantitative estimate of drug-likeness (QED) is 0.671. The summed E-state index contributed by atoms with van der Waals surface area (Å²) < 4.78 is 10.1. The molecule has 4 heteroatoms. The van der Waals surface area contributed by atoms with Crippen LogP contribution in [0.1, 0.15) is 11.1 Å². The zero-order chi connectivity index (χ0) is 10.4. The Morgan fingerprint density at radius 3 is 2.79 bits per heavy atom. The van der Waals surface area contributed by atoms with Gasteiger partial charge >= 0.3 is 0 Å². The molecule has 0 aliphatic heterocycles. The maximum atomic E-state index is 8.82. The lowest BCUT2D eigenvalue weighted by molar-refractivity contribution is -0.100. The van der Waals surface area contributed by atoms with Crippen molar-refractivity contribution < 1.29 is 9.47 Å². The molecule has 1 aromatic heterocycles. The summed E-state index contributed by atoms with van der Waals surface area (Å²) in [4.78, 5) is 3.95. The highest BCUT2D eigenvalue weighted by atomic mass is 16.7. The molecule has 0 unspecified atom stereocenters. The van der Waals surface area contributed by atoms with Gasteiger partial charge in [-0.2, -0.15) is 5.26 Å². The van der Waals surface area contributed by atoms with Crippen LogP contribution in [0.15, 0.2) is 18.5 Å². The van der Waals surface area contributed by atoms with Crippen molar-refractivity contribution >= 4 is 0 Å². The average Bonchev–Trinajstić information content (AvgIpc) is 2.26. The van der Waals surface area contributed by atoms with E-state index >= 15 is 0 Å². The predicted octanol–water partition coefficient (Wildman–Crippen LogP) is 1.11. The van der Waals surface area contributed by atoms with Crippen LogP contribution in [-0.2, 0) is 15.9 Å². The number of aromatic nitrogens is 1. The summed E-state index contributed by atoms with van der Waals surface area (Å²) >= 11 is 0. The number of hydrogen-bond acceptors (Lipinski definition) is 4. The van der Waals surface area contributed by atoms with Gasteiger partial charge in [-0.1, -0.05) is 0 Å². The molecule has 1 heterocycles. The lowest BCUT2D eigenvalue weighted by atomic mass is 10.1. The number of methoxy groups -OCH3 is 2. The summed E-state index contributed by atoms with van der Waals surface area (Å²) in [6, 6.07) is 3.78. The molecule has 0 atom stereocenters. The van der Waals surface area contributed by atoms with Crippen LogP contribution in [0.4, 0.5) is 0 Å². The first kappa shape index (κ1) is 10.6. The van der Waals surface area contributed by atoms with E-state index in [1.54, 1.807) is 32.7 Å². The molecule has 0 N–H and O–H groups in total. The van der Waals surface area contributed by atoms with Crippen LogP contribution in [0, 0.1) is 11.3 Å². The van der Waals surface area contributed by atoms with Gasteiger partial charge < -0.3 is 9.47 Å². The fourth-order valence-electron chi connectivity index (χ4n) is 1.14. The molecule has 1 rings (SSSR count). The third-order valence-corrected chi connectivity index (χ3v) is 1.94. The summed E-state index contributed by atoms with van der Waals surface area (Å²) in [6.45, 7) is 0. The van der Waals surface area contributed by atoms with E-state index in [9.17, 15) is 0 Å². The van der Waals surface area contributed by atoms with Crippen molar-refractivity contribution in [3.05, 3.63) is 29.6 Å². The van der Waals surface area contributed by atoms with Gasteiger partial charge in [0.15, 0.2) is 6.29 Å². The third-order valence-electron chi connectivity index (χ3n) is 1.94. The Morgan fingerprint density at radius 2 is 2.21 bits per heavy atom. The Kier molecular flexibility index (Phi) is 4.05. The number of hydrogen-bond donors (Lipinski definition) is 0. The molecular formula is C10H12N2O2. The van der Waals surface area contributed by atoms with Crippen LogP contribution in [0.25, 0.3) is 0 Å². The largest absolute Gasteiger partial charge is 0.356 e. The normalized spacial score (nSPS) is 10.1. The average molecular weight is 192 g/mol. The molecule has 0 amide bonds. The molecule has 74 valence electrons. The molecule has 0 radical (unpaired) electrons. The number of nitrogens with zero attached hydrogens (tertiary/aromatic N) is 2. The lowest BCUT2D eigenvalue weighted by Crippen LogP contribution is -2.16. The van der Waals surface area contributed by atoms with Gasteiger partial charge in [0.05, 0.1) is 11.6 Å². The van der Waals surface area contributed by atoms with Gasteiger partial charge in [-0.3, -0.25) is 4.98 Å². The van der Waals surface area contributed by atoms with Gasteiger partial charge in [0.2, 0.25) is 0 Å². The predicted molar refractivity (Wildman–Crippen MR) is 50.5 cm³/mol. The maximum Gasteiger partial charge on any atom is 0.160 e. The van der Waals surface area contributed by atoms with Crippen LogP contribution in [0.2, 0.25) is 0 Å². The highest BCUT2D eigenvalue weighted by Gasteiger charge is 2.09. The van der Waals surface area contributed by atoms with E-state index in [0.717, 1.165) is 5.56 Å². The number of pyridine rings is 1. The zero-order valence-electron chi connectivity index (χ0n) is 8.23. The molecule has 14 heavy (non-hydrogen) atoms. The SMILES string of the molecule is COC(Cc1cnccc1C#N)OC. The molecule has 0 aromatic carbocycles. The fourth-order valence-corrected chi connectivity index (χ4v) is 1.14. The first-order chi connectivity index (χ1) is 6.81. The van der Waals surface area contributed by atoms with E-state index in [1.807, 2.05) is 0 Å². The van der Waals surface area contributed by atoms with E-state index in [4.69, 9.17) is 14.7 Å². The van der Waals surface area contributed by atoms with Crippen LogP contribution < -0.4 is 0 Å². The van der Waals surface area contributed by atoms with E-state index in [-0.39, 0.29) is 6.29 Å². The van der Waals surface area contributed by atoms with E-state index < -0.39 is 0 Å². The zero-order valence-corrected chi connectivity index (χ0v) is 8.23. The minimum atomic E-state index is -0.328. The fraction of sp³-hybridized carbons (Fsp3) is 0.400. The topological polar surface area (TPSA) is 55.1 Å². The van der Waals surface area contributed by atoms with Gasteiger partial charge in [0.1, 0.15) is 0 Å². The minimum Gasteiger partial charge on any atom is -0.356 e. The smallest absolute Gasteiger partial charge is 0.160 e. The van der Waals surface area contributed by atoms with E-state index in [2.05, 4.69) is 11.1 Å². The second-order valence-corrected chi connectivity index (χ2v) is 2.75. The minimum absolute atomic E-state index is 0.328. The van der Waals surface area contributed by atoms with Crippen LogP contribution >= 0.6 is 0 Å². The maximum absolute atomic E-state index is 8.82. The Hall–Kier alpha value is -1.44. The van der Waals surface area contributed by atoms with Gasteiger partial charge in [-0.05, 0) is 11.6 Å². The highest BCUT2D eigenvalue weighted by Crippen LogP contribution is 2.10. The molecule has 0 spiro atoms. The van der Waals surface area contributed by atoms with Crippen LogP contribution in [-0.4, -0.2) is 25.5 Å². The summed E-state index contributed by atoms with van der Waals surface area (Å²) in [5.74, 6) is 0. The van der Waals surface area contributed by atoms with Gasteiger partial charge in [-0.25, -0.2) is 0 Å². The summed E-state index contributed by atoms with van der Waals surface area (Å²) in [7, 11) is 3.13. The molecule has 0 saturated carbocycles. The monoisotopic (exact) mass is 192 g/mol. The standard InChI is InChI=1S/C10H12N2O2/c1-13-10(14-2)5-9-7-12-4-3-8(9)6-11/h3-4,7,10H,5H2,1-2H3. The molecule has 4 nitrogen and oxygen atoms in total. The van der Waals surface area contributed by atoms with Crippen molar-refractivity contribution in [3.63, 3.8) is 0 Å². The number of ether oxygens (including phenoxy) is 2. The molecule has 0 aliphatic carbocycles. The lowest BCUT2D eigenvalue weighted by Gasteiger charge is -2.13. The Labute approximate surface area is 83.1 Å². The van der Waals surface area contributed by atoms with Crippen molar-refractivity contribution in [1.82, 2.24) is 4.98 Å². The Bertz CT molecular complexity index is 329. The number of rotatable bonds is 4. The van der Waals surface area contributed by atoms with Crippen molar-refractivity contribution in [2.45, 2.75) is 12.7 Å². The number of nitriles is 1.